The number of nitrogens with zero attached hydrogens (tertiary/aromatic N) is 2. The standard InChI is InChI=1S/C26H32F2N4O4/c1-31(20-5-3-2-4-19(20)29-15-10-12-26(27,28)13-11-15)16-6-7-17-18(14-16)25(36)32(24(17)35)21-8-9-22(33)30-23(21)34/h6-7,14-15,19-21,29H,2-5,8-13H2,1H3,(H,30,33,34)/t19-,20+,21?/m0/s1. The number of hydrogen-bond acceptors (Lipinski definition) is 6. The van der Waals surface area contributed by atoms with Crippen molar-refractivity contribution in [1.29, 1.82) is 0 Å². The molecule has 0 bridgehead atoms. The van der Waals surface area contributed by atoms with Gasteiger partial charge in [0.15, 0.2) is 0 Å². The zero-order chi connectivity index (χ0) is 25.6. The van der Waals surface area contributed by atoms with Gasteiger partial charge in [-0.25, -0.2) is 8.78 Å². The molecule has 2 saturated carbocycles. The van der Waals surface area contributed by atoms with E-state index in [-0.39, 0.29) is 54.9 Å². The highest BCUT2D eigenvalue weighted by Gasteiger charge is 2.45. The second-order valence-electron chi connectivity index (χ2n) is 10.5. The molecule has 0 spiro atoms. The predicted octanol–water partition coefficient (Wildman–Crippen LogP) is 3.00. The second-order valence-corrected chi connectivity index (χ2v) is 10.5. The van der Waals surface area contributed by atoms with E-state index in [9.17, 15) is 28.0 Å². The topological polar surface area (TPSA) is 98.8 Å². The van der Waals surface area contributed by atoms with E-state index in [4.69, 9.17) is 0 Å². The normalized spacial score (nSPS) is 28.8. The molecular formula is C26H32F2N4O4. The molecule has 36 heavy (non-hydrogen) atoms. The van der Waals surface area contributed by atoms with E-state index >= 15 is 0 Å². The van der Waals surface area contributed by atoms with Gasteiger partial charge in [0, 0.05) is 50.1 Å². The number of nitrogens with one attached hydrogen (secondary N) is 2. The minimum Gasteiger partial charge on any atom is -0.370 e. The van der Waals surface area contributed by atoms with Crippen LogP contribution >= 0.6 is 0 Å². The molecule has 1 aromatic carbocycles. The average Bonchev–Trinajstić information content (AvgIpc) is 3.10. The third kappa shape index (κ3) is 4.63. The van der Waals surface area contributed by atoms with E-state index in [1.165, 1.54) is 0 Å². The third-order valence-corrected chi connectivity index (χ3v) is 8.22. The molecule has 4 aliphatic rings. The van der Waals surface area contributed by atoms with Gasteiger partial charge < -0.3 is 10.2 Å². The molecular weight excluding hydrogens is 470 g/mol. The number of alkyl halides is 2. The zero-order valence-corrected chi connectivity index (χ0v) is 20.4. The number of halogens is 2. The number of fused-ring (bicyclic) bond motifs is 1. The first-order valence-electron chi connectivity index (χ1n) is 12.9. The summed E-state index contributed by atoms with van der Waals surface area (Å²) in [5, 5.41) is 5.86. The Balaban J connectivity index is 1.32. The van der Waals surface area contributed by atoms with Crippen LogP contribution in [0.2, 0.25) is 0 Å². The summed E-state index contributed by atoms with van der Waals surface area (Å²) in [5.41, 5.74) is 1.29. The van der Waals surface area contributed by atoms with Crippen molar-refractivity contribution in [2.45, 2.75) is 94.3 Å². The fourth-order valence-electron chi connectivity index (χ4n) is 6.15. The third-order valence-electron chi connectivity index (χ3n) is 8.22. The lowest BCUT2D eigenvalue weighted by atomic mass is 9.86. The van der Waals surface area contributed by atoms with Gasteiger partial charge in [-0.3, -0.25) is 29.4 Å². The maximum atomic E-state index is 13.6. The first kappa shape index (κ1) is 24.8. The Kier molecular flexibility index (Phi) is 6.57. The minimum absolute atomic E-state index is 0.0740. The summed E-state index contributed by atoms with van der Waals surface area (Å²) in [7, 11) is 1.96. The van der Waals surface area contributed by atoms with Gasteiger partial charge in [-0.05, 0) is 50.3 Å². The van der Waals surface area contributed by atoms with Crippen LogP contribution in [0.4, 0.5) is 14.5 Å². The van der Waals surface area contributed by atoms with E-state index in [0.29, 0.717) is 12.8 Å². The summed E-state index contributed by atoms with van der Waals surface area (Å²) in [6, 6.07) is 4.49. The molecule has 194 valence electrons. The van der Waals surface area contributed by atoms with Gasteiger partial charge in [-0.1, -0.05) is 12.8 Å². The molecule has 3 fully saturated rings. The van der Waals surface area contributed by atoms with Crippen LogP contribution in [0.25, 0.3) is 0 Å². The summed E-state index contributed by atoms with van der Waals surface area (Å²) in [4.78, 5) is 53.1. The molecule has 2 aliphatic heterocycles. The van der Waals surface area contributed by atoms with Crippen LogP contribution in [0.5, 0.6) is 0 Å². The Labute approximate surface area is 208 Å². The number of benzene rings is 1. The predicted molar refractivity (Wildman–Crippen MR) is 128 cm³/mol. The van der Waals surface area contributed by atoms with Crippen molar-refractivity contribution >= 4 is 29.3 Å². The van der Waals surface area contributed by atoms with Gasteiger partial charge in [0.25, 0.3) is 11.8 Å². The van der Waals surface area contributed by atoms with Crippen molar-refractivity contribution in [2.75, 3.05) is 11.9 Å². The lowest BCUT2D eigenvalue weighted by molar-refractivity contribution is -0.136. The molecule has 0 aromatic heterocycles. The highest BCUT2D eigenvalue weighted by Crippen LogP contribution is 2.36. The molecule has 2 N–H and O–H groups in total. The Morgan fingerprint density at radius 1 is 0.972 bits per heavy atom. The van der Waals surface area contributed by atoms with Crippen molar-refractivity contribution in [2.24, 2.45) is 0 Å². The van der Waals surface area contributed by atoms with Gasteiger partial charge >= 0.3 is 0 Å². The van der Waals surface area contributed by atoms with Crippen LogP contribution < -0.4 is 15.5 Å². The molecule has 2 aliphatic carbocycles. The number of carbonyl (C=O) groups excluding carboxylic acids is 4. The number of likely N-dealkylation sites (N-methyl/N-ethyl adjacent to an activating group) is 1. The van der Waals surface area contributed by atoms with Gasteiger partial charge in [0.1, 0.15) is 6.04 Å². The largest absolute Gasteiger partial charge is 0.370 e. The molecule has 3 atom stereocenters. The molecule has 2 heterocycles. The highest BCUT2D eigenvalue weighted by molar-refractivity contribution is 6.23. The molecule has 1 saturated heterocycles. The van der Waals surface area contributed by atoms with Gasteiger partial charge in [-0.2, -0.15) is 0 Å². The van der Waals surface area contributed by atoms with Crippen LogP contribution in [-0.2, 0) is 9.59 Å². The smallest absolute Gasteiger partial charge is 0.262 e. The Hall–Kier alpha value is -2.88. The minimum atomic E-state index is -2.56. The van der Waals surface area contributed by atoms with Crippen LogP contribution in [0.1, 0.15) is 84.9 Å². The number of rotatable bonds is 5. The van der Waals surface area contributed by atoms with E-state index in [1.807, 2.05) is 13.1 Å². The molecule has 1 aromatic rings. The molecule has 5 rings (SSSR count). The Morgan fingerprint density at radius 2 is 1.67 bits per heavy atom. The van der Waals surface area contributed by atoms with E-state index in [0.717, 1.165) is 36.3 Å². The lowest BCUT2D eigenvalue weighted by Gasteiger charge is -2.42. The summed E-state index contributed by atoms with van der Waals surface area (Å²) in [6.07, 6.45) is 4.97. The number of anilines is 1. The van der Waals surface area contributed by atoms with Crippen LogP contribution in [-0.4, -0.2) is 65.7 Å². The quantitative estimate of drug-likeness (QED) is 0.601. The van der Waals surface area contributed by atoms with Crippen molar-refractivity contribution in [3.8, 4) is 0 Å². The molecule has 8 nitrogen and oxygen atoms in total. The number of imide groups is 2. The second kappa shape index (κ2) is 9.53. The van der Waals surface area contributed by atoms with Crippen molar-refractivity contribution in [1.82, 2.24) is 15.5 Å². The number of carbonyl (C=O) groups is 4. The summed E-state index contributed by atoms with van der Waals surface area (Å²) < 4.78 is 27.2. The molecule has 10 heteroatoms. The van der Waals surface area contributed by atoms with Gasteiger partial charge in [-0.15, -0.1) is 0 Å². The maximum absolute atomic E-state index is 13.6. The number of hydrogen-bond donors (Lipinski definition) is 2. The van der Waals surface area contributed by atoms with E-state index in [2.05, 4.69) is 15.5 Å². The summed E-state index contributed by atoms with van der Waals surface area (Å²) in [5.74, 6) is -4.65. The number of amides is 4. The highest BCUT2D eigenvalue weighted by atomic mass is 19.3. The monoisotopic (exact) mass is 502 g/mol. The van der Waals surface area contributed by atoms with Crippen molar-refractivity contribution in [3.63, 3.8) is 0 Å². The number of piperidine rings is 1. The average molecular weight is 503 g/mol. The van der Waals surface area contributed by atoms with E-state index in [1.54, 1.807) is 12.1 Å². The van der Waals surface area contributed by atoms with E-state index < -0.39 is 35.6 Å². The maximum Gasteiger partial charge on any atom is 0.262 e. The molecule has 4 amide bonds. The Bertz CT molecular complexity index is 1080. The zero-order valence-electron chi connectivity index (χ0n) is 20.4. The molecule has 0 radical (unpaired) electrons. The van der Waals surface area contributed by atoms with Crippen molar-refractivity contribution in [3.05, 3.63) is 29.3 Å². The first-order chi connectivity index (χ1) is 17.1. The van der Waals surface area contributed by atoms with Gasteiger partial charge in [0.05, 0.1) is 11.1 Å². The summed E-state index contributed by atoms with van der Waals surface area (Å²) >= 11 is 0. The Morgan fingerprint density at radius 3 is 2.39 bits per heavy atom. The van der Waals surface area contributed by atoms with Crippen molar-refractivity contribution < 1.29 is 28.0 Å². The lowest BCUT2D eigenvalue weighted by Crippen LogP contribution is -2.54. The van der Waals surface area contributed by atoms with Gasteiger partial charge in [0.2, 0.25) is 17.7 Å². The molecule has 1 unspecified atom stereocenters. The first-order valence-corrected chi connectivity index (χ1v) is 12.9. The SMILES string of the molecule is CN(c1ccc2c(c1)C(=O)N(C1CCC(=O)NC1=O)C2=O)[C@@H]1CCCC[C@@H]1NC1CCC(F)(F)CC1. The fraction of sp³-hybridized carbons (Fsp3) is 0.615. The fourth-order valence-corrected chi connectivity index (χ4v) is 6.15. The van der Waals surface area contributed by atoms with Crippen LogP contribution in [0.15, 0.2) is 18.2 Å². The van der Waals surface area contributed by atoms with Crippen LogP contribution in [0, 0.1) is 0 Å². The van der Waals surface area contributed by atoms with Crippen LogP contribution in [0.3, 0.4) is 0 Å². The summed E-state index contributed by atoms with van der Waals surface area (Å²) in [6.45, 7) is 0.